The quantitative estimate of drug-likeness (QED) is 0.650. The summed E-state index contributed by atoms with van der Waals surface area (Å²) in [6.07, 6.45) is 3.66. The molecule has 0 unspecified atom stereocenters. The van der Waals surface area contributed by atoms with E-state index in [1.54, 1.807) is 12.1 Å². The molecule has 11 heteroatoms. The largest absolute Gasteiger partial charge is 0.495 e. The van der Waals surface area contributed by atoms with Crippen molar-refractivity contribution in [1.82, 2.24) is 4.31 Å². The standard InChI is InChI=1S/C21H27N3O6S2/c1-23(31(3,26)27)19-10-6-5-9-17(19)21(25)22-18-15-16(11-12-20(18)30-2)32(28,29)24-13-7-4-8-14-24/h5-6,9-12,15H,4,7-8,13-14H2,1-3H3,(H,22,25). The number of carbonyl (C=O) groups excluding carboxylic acids is 1. The number of amides is 1. The van der Waals surface area contributed by atoms with Crippen molar-refractivity contribution < 1.29 is 26.4 Å². The van der Waals surface area contributed by atoms with Crippen LogP contribution in [0, 0.1) is 0 Å². The monoisotopic (exact) mass is 481 g/mol. The second-order valence-corrected chi connectivity index (χ2v) is 11.5. The van der Waals surface area contributed by atoms with Crippen LogP contribution in [-0.4, -0.2) is 60.6 Å². The Balaban J connectivity index is 1.96. The number of hydrogen-bond acceptors (Lipinski definition) is 6. The molecular formula is C21H27N3O6S2. The number of hydrogen-bond donors (Lipinski definition) is 1. The number of methoxy groups -OCH3 is 1. The minimum absolute atomic E-state index is 0.0528. The first kappa shape index (κ1) is 24.0. The molecule has 0 saturated carbocycles. The van der Waals surface area contributed by atoms with Gasteiger partial charge < -0.3 is 10.1 Å². The molecule has 3 rings (SSSR count). The smallest absolute Gasteiger partial charge is 0.257 e. The number of nitrogens with one attached hydrogen (secondary N) is 1. The Morgan fingerprint density at radius 3 is 2.31 bits per heavy atom. The van der Waals surface area contributed by atoms with Crippen molar-refractivity contribution in [2.24, 2.45) is 0 Å². The van der Waals surface area contributed by atoms with Gasteiger partial charge in [-0.2, -0.15) is 4.31 Å². The van der Waals surface area contributed by atoms with Crippen LogP contribution in [0.3, 0.4) is 0 Å². The first-order chi connectivity index (χ1) is 15.1. The Kier molecular flexibility index (Phi) is 7.11. The molecule has 1 N–H and O–H groups in total. The molecule has 9 nitrogen and oxygen atoms in total. The number of anilines is 2. The fourth-order valence-corrected chi connectivity index (χ4v) is 5.57. The van der Waals surface area contributed by atoms with Gasteiger partial charge in [0.2, 0.25) is 20.0 Å². The third-order valence-electron chi connectivity index (χ3n) is 5.36. The average Bonchev–Trinajstić information content (AvgIpc) is 2.78. The molecule has 0 aromatic heterocycles. The summed E-state index contributed by atoms with van der Waals surface area (Å²) in [6, 6.07) is 10.6. The maximum Gasteiger partial charge on any atom is 0.257 e. The van der Waals surface area contributed by atoms with Crippen molar-refractivity contribution in [2.75, 3.05) is 43.1 Å². The van der Waals surface area contributed by atoms with Crippen LogP contribution in [0.25, 0.3) is 0 Å². The van der Waals surface area contributed by atoms with Crippen LogP contribution in [0.15, 0.2) is 47.4 Å². The maximum atomic E-state index is 13.0. The lowest BCUT2D eigenvalue weighted by Crippen LogP contribution is -2.35. The minimum Gasteiger partial charge on any atom is -0.495 e. The summed E-state index contributed by atoms with van der Waals surface area (Å²) in [5.41, 5.74) is 0.489. The number of nitrogens with zero attached hydrogens (tertiary/aromatic N) is 2. The summed E-state index contributed by atoms with van der Waals surface area (Å²) in [5.74, 6) is -0.313. The summed E-state index contributed by atoms with van der Waals surface area (Å²) in [5, 5.41) is 2.67. The number of para-hydroxylation sites is 1. The van der Waals surface area contributed by atoms with Crippen molar-refractivity contribution in [1.29, 1.82) is 0 Å². The van der Waals surface area contributed by atoms with E-state index in [0.29, 0.717) is 13.1 Å². The van der Waals surface area contributed by atoms with E-state index >= 15 is 0 Å². The molecule has 1 fully saturated rings. The Morgan fingerprint density at radius 2 is 1.69 bits per heavy atom. The summed E-state index contributed by atoms with van der Waals surface area (Å²) < 4.78 is 57.8. The molecule has 174 valence electrons. The Bertz CT molecular complexity index is 1210. The number of sulfonamides is 2. The van der Waals surface area contributed by atoms with Gasteiger partial charge in [0.25, 0.3) is 5.91 Å². The van der Waals surface area contributed by atoms with Crippen molar-refractivity contribution in [3.63, 3.8) is 0 Å². The number of piperidine rings is 1. The predicted octanol–water partition coefficient (Wildman–Crippen LogP) is 2.52. The molecule has 1 saturated heterocycles. The molecule has 0 bridgehead atoms. The number of benzene rings is 2. The van der Waals surface area contributed by atoms with Gasteiger partial charge in [-0.25, -0.2) is 16.8 Å². The zero-order chi connectivity index (χ0) is 23.5. The Hall–Kier alpha value is -2.63. The van der Waals surface area contributed by atoms with Gasteiger partial charge in [-0.1, -0.05) is 18.6 Å². The first-order valence-electron chi connectivity index (χ1n) is 10.1. The van der Waals surface area contributed by atoms with E-state index in [-0.39, 0.29) is 27.6 Å². The van der Waals surface area contributed by atoms with Gasteiger partial charge in [0, 0.05) is 20.1 Å². The van der Waals surface area contributed by atoms with Gasteiger partial charge in [0.15, 0.2) is 0 Å². The summed E-state index contributed by atoms with van der Waals surface area (Å²) in [7, 11) is -4.54. The summed E-state index contributed by atoms with van der Waals surface area (Å²) >= 11 is 0. The zero-order valence-corrected chi connectivity index (χ0v) is 19.9. The molecule has 0 spiro atoms. The van der Waals surface area contributed by atoms with E-state index in [2.05, 4.69) is 5.32 Å². The van der Waals surface area contributed by atoms with Crippen LogP contribution in [0.5, 0.6) is 5.75 Å². The lowest BCUT2D eigenvalue weighted by atomic mass is 10.1. The summed E-state index contributed by atoms with van der Waals surface area (Å²) in [4.78, 5) is 13.1. The minimum atomic E-state index is -3.71. The van der Waals surface area contributed by atoms with E-state index in [1.807, 2.05) is 0 Å². The lowest BCUT2D eigenvalue weighted by Gasteiger charge is -2.26. The van der Waals surface area contributed by atoms with Crippen LogP contribution >= 0.6 is 0 Å². The second-order valence-electron chi connectivity index (χ2n) is 7.53. The lowest BCUT2D eigenvalue weighted by molar-refractivity contribution is 0.102. The zero-order valence-electron chi connectivity index (χ0n) is 18.2. The first-order valence-corrected chi connectivity index (χ1v) is 13.4. The fraction of sp³-hybridized carbons (Fsp3) is 0.381. The Labute approximate surface area is 189 Å². The molecule has 1 aliphatic rings. The van der Waals surface area contributed by atoms with Gasteiger partial charge in [-0.05, 0) is 43.2 Å². The number of rotatable bonds is 7. The SMILES string of the molecule is COc1ccc(S(=O)(=O)N2CCCCC2)cc1NC(=O)c1ccccc1N(C)S(C)(=O)=O. The van der Waals surface area contributed by atoms with Gasteiger partial charge >= 0.3 is 0 Å². The van der Waals surface area contributed by atoms with Crippen molar-refractivity contribution in [3.8, 4) is 5.75 Å². The summed E-state index contributed by atoms with van der Waals surface area (Å²) in [6.45, 7) is 0.919. The highest BCUT2D eigenvalue weighted by molar-refractivity contribution is 7.92. The van der Waals surface area contributed by atoms with Gasteiger partial charge in [-0.15, -0.1) is 0 Å². The van der Waals surface area contributed by atoms with E-state index < -0.39 is 26.0 Å². The van der Waals surface area contributed by atoms with Crippen LogP contribution in [0.2, 0.25) is 0 Å². The molecule has 2 aromatic rings. The van der Waals surface area contributed by atoms with Gasteiger partial charge in [0.05, 0.1) is 35.2 Å². The van der Waals surface area contributed by atoms with Crippen molar-refractivity contribution in [2.45, 2.75) is 24.2 Å². The van der Waals surface area contributed by atoms with Crippen molar-refractivity contribution >= 4 is 37.3 Å². The molecule has 0 radical (unpaired) electrons. The predicted molar refractivity (Wildman–Crippen MR) is 123 cm³/mol. The average molecular weight is 482 g/mol. The van der Waals surface area contributed by atoms with E-state index in [4.69, 9.17) is 4.74 Å². The van der Waals surface area contributed by atoms with Crippen molar-refractivity contribution in [3.05, 3.63) is 48.0 Å². The van der Waals surface area contributed by atoms with Gasteiger partial charge in [0.1, 0.15) is 5.75 Å². The van der Waals surface area contributed by atoms with E-state index in [0.717, 1.165) is 29.8 Å². The molecule has 1 amide bonds. The Morgan fingerprint density at radius 1 is 1.03 bits per heavy atom. The van der Waals surface area contributed by atoms with Crippen LogP contribution in [0.4, 0.5) is 11.4 Å². The number of ether oxygens (including phenoxy) is 1. The molecule has 32 heavy (non-hydrogen) atoms. The third-order valence-corrected chi connectivity index (χ3v) is 8.44. The highest BCUT2D eigenvalue weighted by Gasteiger charge is 2.27. The molecular weight excluding hydrogens is 454 g/mol. The van der Waals surface area contributed by atoms with Crippen LogP contribution in [-0.2, 0) is 20.0 Å². The van der Waals surface area contributed by atoms with Crippen LogP contribution in [0.1, 0.15) is 29.6 Å². The topological polar surface area (TPSA) is 113 Å². The molecule has 1 heterocycles. The van der Waals surface area contributed by atoms with Crippen LogP contribution < -0.4 is 14.4 Å². The molecule has 2 aromatic carbocycles. The third kappa shape index (κ3) is 5.05. The molecule has 0 aliphatic carbocycles. The highest BCUT2D eigenvalue weighted by atomic mass is 32.2. The fourth-order valence-electron chi connectivity index (χ4n) is 3.51. The molecule has 1 aliphatic heterocycles. The highest BCUT2D eigenvalue weighted by Crippen LogP contribution is 2.31. The van der Waals surface area contributed by atoms with E-state index in [9.17, 15) is 21.6 Å². The number of carbonyl (C=O) groups is 1. The maximum absolute atomic E-state index is 13.0. The normalized spacial score (nSPS) is 15.2. The van der Waals surface area contributed by atoms with E-state index in [1.165, 1.54) is 48.8 Å². The van der Waals surface area contributed by atoms with Gasteiger partial charge in [-0.3, -0.25) is 9.10 Å². The second kappa shape index (κ2) is 9.47. The molecule has 0 atom stereocenters.